The summed E-state index contributed by atoms with van der Waals surface area (Å²) in [5.74, 6) is -2.26. The fraction of sp³-hybridized carbons (Fsp3) is 0.901. The maximum atomic E-state index is 12.9. The van der Waals surface area contributed by atoms with Gasteiger partial charge in [-0.2, -0.15) is 0 Å². The Morgan fingerprint density at radius 1 is 0.362 bits per heavy atom. The summed E-state index contributed by atoms with van der Waals surface area (Å²) < 4.78 is 22.8. The number of carbonyl (C=O) groups is 3. The SMILES string of the molecule is CCCCCCCCC/C=C\CCCCCCCCCC(=O)OCC(COC(OCC[N+](C)(C)C)C(=O)[O-])OC(=O)CCCCCCCCCCCCCCCCCCCCCCCCCCC/C=C\CCCCCCCCCC. The zero-order valence-corrected chi connectivity index (χ0v) is 54.0. The number of unbranched alkanes of at least 4 members (excludes halogenated alkanes) is 47. The third kappa shape index (κ3) is 63.4. The monoisotopic (exact) mass is 1130 g/mol. The van der Waals surface area contributed by atoms with Crippen molar-refractivity contribution < 1.29 is 42.9 Å². The number of hydrogen-bond acceptors (Lipinski definition) is 8. The molecule has 0 aliphatic heterocycles. The molecule has 2 unspecified atom stereocenters. The van der Waals surface area contributed by atoms with Gasteiger partial charge in [-0.15, -0.1) is 0 Å². The van der Waals surface area contributed by atoms with Crippen LogP contribution in [-0.2, 0) is 33.3 Å². The van der Waals surface area contributed by atoms with Gasteiger partial charge in [0.1, 0.15) is 13.2 Å². The van der Waals surface area contributed by atoms with Crippen LogP contribution >= 0.6 is 0 Å². The molecular weight excluding hydrogens is 995 g/mol. The van der Waals surface area contributed by atoms with Crippen LogP contribution in [0.25, 0.3) is 0 Å². The lowest BCUT2D eigenvalue weighted by Crippen LogP contribution is -2.44. The van der Waals surface area contributed by atoms with Crippen LogP contribution in [0.4, 0.5) is 0 Å². The topological polar surface area (TPSA) is 111 Å². The minimum absolute atomic E-state index is 0.150. The van der Waals surface area contributed by atoms with Crippen LogP contribution in [0, 0.1) is 0 Å². The number of aliphatic carboxylic acids is 1. The number of allylic oxidation sites excluding steroid dienone is 4. The zero-order valence-electron chi connectivity index (χ0n) is 54.0. The molecule has 0 saturated carbocycles. The smallest absolute Gasteiger partial charge is 0.306 e. The highest BCUT2D eigenvalue weighted by Crippen LogP contribution is 2.19. The fourth-order valence-electron chi connectivity index (χ4n) is 10.5. The summed E-state index contributed by atoms with van der Waals surface area (Å²) in [6.07, 6.45) is 74.2. The van der Waals surface area contributed by atoms with Crippen LogP contribution < -0.4 is 5.11 Å². The van der Waals surface area contributed by atoms with E-state index < -0.39 is 24.3 Å². The van der Waals surface area contributed by atoms with Crippen molar-refractivity contribution in [2.24, 2.45) is 0 Å². The second kappa shape index (κ2) is 62.8. The van der Waals surface area contributed by atoms with Crippen molar-refractivity contribution in [3.63, 3.8) is 0 Å². The van der Waals surface area contributed by atoms with Crippen LogP contribution in [-0.4, -0.2) is 82.3 Å². The molecule has 0 radical (unpaired) electrons. The van der Waals surface area contributed by atoms with E-state index in [0.717, 1.165) is 38.5 Å². The van der Waals surface area contributed by atoms with Crippen molar-refractivity contribution in [1.29, 1.82) is 0 Å². The van der Waals surface area contributed by atoms with E-state index in [4.69, 9.17) is 18.9 Å². The van der Waals surface area contributed by atoms with Gasteiger partial charge in [0.2, 0.25) is 0 Å². The van der Waals surface area contributed by atoms with Crippen molar-refractivity contribution in [2.75, 3.05) is 47.5 Å². The number of carboxylic acids is 1. The number of carbonyl (C=O) groups excluding carboxylic acids is 3. The molecule has 0 bridgehead atoms. The molecule has 0 aliphatic rings. The summed E-state index contributed by atoms with van der Waals surface area (Å²) in [7, 11) is 5.94. The Labute approximate surface area is 497 Å². The molecule has 0 amide bonds. The Bertz CT molecular complexity index is 1360. The van der Waals surface area contributed by atoms with Gasteiger partial charge in [0.15, 0.2) is 12.4 Å². The Hall–Kier alpha value is -2.23. The van der Waals surface area contributed by atoms with E-state index in [-0.39, 0.29) is 32.2 Å². The molecule has 0 aromatic rings. The van der Waals surface area contributed by atoms with Gasteiger partial charge in [-0.1, -0.05) is 301 Å². The molecule has 0 aliphatic carbocycles. The minimum atomic E-state index is -1.62. The summed E-state index contributed by atoms with van der Waals surface area (Å²) in [6.45, 7) is 4.80. The van der Waals surface area contributed by atoms with Crippen molar-refractivity contribution >= 4 is 17.9 Å². The van der Waals surface area contributed by atoms with Gasteiger partial charge in [0.05, 0.1) is 40.3 Å². The molecule has 0 saturated heterocycles. The van der Waals surface area contributed by atoms with Crippen LogP contribution in [0.2, 0.25) is 0 Å². The van der Waals surface area contributed by atoms with E-state index in [1.807, 2.05) is 21.1 Å². The Kier molecular flexibility index (Phi) is 61.1. The van der Waals surface area contributed by atoms with Gasteiger partial charge in [-0.05, 0) is 64.2 Å². The average Bonchev–Trinajstić information content (AvgIpc) is 3.43. The van der Waals surface area contributed by atoms with Gasteiger partial charge in [-0.3, -0.25) is 9.59 Å². The molecule has 0 heterocycles. The van der Waals surface area contributed by atoms with Gasteiger partial charge >= 0.3 is 11.9 Å². The molecule has 2 atom stereocenters. The van der Waals surface area contributed by atoms with Crippen LogP contribution in [0.15, 0.2) is 24.3 Å². The molecule has 0 fully saturated rings. The first-order valence-corrected chi connectivity index (χ1v) is 35.0. The van der Waals surface area contributed by atoms with E-state index in [1.54, 1.807) is 0 Å². The predicted octanol–water partition coefficient (Wildman–Crippen LogP) is 20.1. The van der Waals surface area contributed by atoms with Crippen molar-refractivity contribution in [3.05, 3.63) is 24.3 Å². The molecular formula is C71H135NO8. The maximum Gasteiger partial charge on any atom is 0.306 e. The summed E-state index contributed by atoms with van der Waals surface area (Å²) in [6, 6.07) is 0. The highest BCUT2D eigenvalue weighted by atomic mass is 16.7. The number of quaternary nitrogens is 1. The second-order valence-corrected chi connectivity index (χ2v) is 25.2. The first kappa shape index (κ1) is 77.8. The quantitative estimate of drug-likeness (QED) is 0.0195. The lowest BCUT2D eigenvalue weighted by molar-refractivity contribution is -0.870. The third-order valence-corrected chi connectivity index (χ3v) is 15.9. The largest absolute Gasteiger partial charge is 0.545 e. The minimum Gasteiger partial charge on any atom is -0.545 e. The Morgan fingerprint density at radius 2 is 0.637 bits per heavy atom. The highest BCUT2D eigenvalue weighted by Gasteiger charge is 2.22. The lowest BCUT2D eigenvalue weighted by Gasteiger charge is -2.26. The van der Waals surface area contributed by atoms with E-state index >= 15 is 0 Å². The van der Waals surface area contributed by atoms with Crippen molar-refractivity contribution in [3.8, 4) is 0 Å². The number of carboxylic acid groups (broad SMARTS) is 1. The third-order valence-electron chi connectivity index (χ3n) is 15.9. The molecule has 9 heteroatoms. The van der Waals surface area contributed by atoms with Crippen molar-refractivity contribution in [2.45, 2.75) is 367 Å². The van der Waals surface area contributed by atoms with Crippen LogP contribution in [0.3, 0.4) is 0 Å². The Morgan fingerprint density at radius 3 is 0.925 bits per heavy atom. The average molecular weight is 1130 g/mol. The number of ether oxygens (including phenoxy) is 4. The first-order chi connectivity index (χ1) is 39.1. The standard InChI is InChI=1S/C71H135NO8/c1-6-8-10-12-14-16-18-20-22-24-26-27-28-29-30-31-32-33-34-35-36-37-38-39-40-41-42-43-44-46-48-50-52-54-56-58-60-62-69(74)80-67(66-79-71(70(75)76)77-64-63-72(3,4)5)65-78-68(73)61-59-57-55-53-51-49-47-45-25-23-21-19-17-15-13-11-9-7-2/h23-26,67,71H,6-22,27-66H2,1-5H3/b25-23-,26-24-. The first-order valence-electron chi connectivity index (χ1n) is 35.0. The van der Waals surface area contributed by atoms with E-state index in [9.17, 15) is 19.5 Å². The molecule has 0 aromatic carbocycles. The fourth-order valence-corrected chi connectivity index (χ4v) is 10.5. The number of nitrogens with zero attached hydrogens (tertiary/aromatic N) is 1. The van der Waals surface area contributed by atoms with Crippen LogP contribution in [0.1, 0.15) is 354 Å². The molecule has 80 heavy (non-hydrogen) atoms. The molecule has 0 spiro atoms. The van der Waals surface area contributed by atoms with E-state index in [2.05, 4.69) is 38.2 Å². The van der Waals surface area contributed by atoms with Crippen molar-refractivity contribution in [1.82, 2.24) is 0 Å². The van der Waals surface area contributed by atoms with Crippen LogP contribution in [0.5, 0.6) is 0 Å². The van der Waals surface area contributed by atoms with Gasteiger partial charge in [0, 0.05) is 12.8 Å². The zero-order chi connectivity index (χ0) is 58.3. The number of likely N-dealkylation sites (N-methyl/N-ethyl adjacent to an activating group) is 1. The summed E-state index contributed by atoms with van der Waals surface area (Å²) in [5.41, 5.74) is 0. The number of rotatable bonds is 66. The predicted molar refractivity (Wildman–Crippen MR) is 339 cm³/mol. The normalized spacial score (nSPS) is 12.8. The maximum absolute atomic E-state index is 12.9. The summed E-state index contributed by atoms with van der Waals surface area (Å²) >= 11 is 0. The molecule has 9 nitrogen and oxygen atoms in total. The Balaban J connectivity index is 3.97. The lowest BCUT2D eigenvalue weighted by atomic mass is 10.0. The molecule has 472 valence electrons. The van der Waals surface area contributed by atoms with Gasteiger partial charge in [-0.25, -0.2) is 0 Å². The molecule has 0 N–H and O–H groups in total. The van der Waals surface area contributed by atoms with E-state index in [0.29, 0.717) is 17.4 Å². The number of esters is 2. The van der Waals surface area contributed by atoms with Gasteiger partial charge < -0.3 is 33.3 Å². The summed E-state index contributed by atoms with van der Waals surface area (Å²) in [4.78, 5) is 37.4. The molecule has 0 aromatic heterocycles. The summed E-state index contributed by atoms with van der Waals surface area (Å²) in [5, 5.41) is 11.8. The second-order valence-electron chi connectivity index (χ2n) is 25.2. The number of hydrogen-bond donors (Lipinski definition) is 0. The van der Waals surface area contributed by atoms with Gasteiger partial charge in [0.25, 0.3) is 0 Å². The molecule has 0 rings (SSSR count). The highest BCUT2D eigenvalue weighted by molar-refractivity contribution is 5.70. The van der Waals surface area contributed by atoms with E-state index in [1.165, 1.54) is 289 Å².